The molecule has 0 amide bonds. The molecule has 0 saturated carbocycles. The number of rotatable bonds is 4. The van der Waals surface area contributed by atoms with Crippen molar-refractivity contribution in [3.05, 3.63) is 58.0 Å². The van der Waals surface area contributed by atoms with Gasteiger partial charge in [-0.2, -0.15) is 0 Å². The molecule has 0 aliphatic rings. The highest BCUT2D eigenvalue weighted by molar-refractivity contribution is 9.10. The molecule has 3 rings (SSSR count). The lowest BCUT2D eigenvalue weighted by Gasteiger charge is -2.08. The number of aromatic nitrogens is 4. The second kappa shape index (κ2) is 6.24. The van der Waals surface area contributed by atoms with E-state index in [0.717, 1.165) is 27.2 Å². The Morgan fingerprint density at radius 2 is 2.19 bits per heavy atom. The molecule has 0 radical (unpaired) electrons. The van der Waals surface area contributed by atoms with Crippen LogP contribution in [-0.2, 0) is 6.54 Å². The van der Waals surface area contributed by atoms with E-state index in [1.54, 1.807) is 12.5 Å². The standard InChI is InChI=1S/C14H11BrClN5/c15-12-5-10(16)6-18-13(12)7-17-11-3-1-2-9(4-11)14-19-8-20-21-14/h1-6,8,17H,7H2,(H,19,20,21). The Bertz CT molecular complexity index is 745. The Hall–Kier alpha value is -1.92. The third-order valence-electron chi connectivity index (χ3n) is 2.90. The second-order valence-corrected chi connectivity index (χ2v) is 5.64. The molecule has 0 spiro atoms. The zero-order valence-corrected chi connectivity index (χ0v) is 13.2. The van der Waals surface area contributed by atoms with Crippen LogP contribution < -0.4 is 5.32 Å². The smallest absolute Gasteiger partial charge is 0.161 e. The summed E-state index contributed by atoms with van der Waals surface area (Å²) in [4.78, 5) is 7.28. The van der Waals surface area contributed by atoms with E-state index in [-0.39, 0.29) is 0 Å². The average molecular weight is 365 g/mol. The molecule has 5 nitrogen and oxygen atoms in total. The van der Waals surface area contributed by atoms with Gasteiger partial charge in [-0.3, -0.25) is 4.98 Å². The monoisotopic (exact) mass is 363 g/mol. The lowest BCUT2D eigenvalue weighted by atomic mass is 10.2. The van der Waals surface area contributed by atoms with Crippen LogP contribution in [0.25, 0.3) is 11.4 Å². The minimum Gasteiger partial charge on any atom is -0.379 e. The Labute approximate surface area is 134 Å². The van der Waals surface area contributed by atoms with Gasteiger partial charge < -0.3 is 10.3 Å². The van der Waals surface area contributed by atoms with Crippen LogP contribution in [0, 0.1) is 0 Å². The summed E-state index contributed by atoms with van der Waals surface area (Å²) in [6.07, 6.45) is 3.19. The molecule has 0 bridgehead atoms. The normalized spacial score (nSPS) is 10.6. The SMILES string of the molecule is Clc1cnc(CNc2cccc(-c3nnc[nH]3)c2)c(Br)c1. The number of hydrogen-bond acceptors (Lipinski definition) is 4. The predicted octanol–water partition coefficient (Wildman–Crippen LogP) is 3.89. The summed E-state index contributed by atoms with van der Waals surface area (Å²) >= 11 is 9.34. The molecule has 0 unspecified atom stereocenters. The van der Waals surface area contributed by atoms with Gasteiger partial charge in [-0.05, 0) is 34.1 Å². The fourth-order valence-electron chi connectivity index (χ4n) is 1.88. The van der Waals surface area contributed by atoms with E-state index >= 15 is 0 Å². The Morgan fingerprint density at radius 3 is 2.95 bits per heavy atom. The maximum absolute atomic E-state index is 5.88. The first kappa shape index (κ1) is 14.0. The molecule has 2 N–H and O–H groups in total. The molecule has 21 heavy (non-hydrogen) atoms. The van der Waals surface area contributed by atoms with Gasteiger partial charge in [0.1, 0.15) is 6.33 Å². The number of anilines is 1. The molecular formula is C14H11BrClN5. The van der Waals surface area contributed by atoms with Crippen LogP contribution in [0.2, 0.25) is 5.02 Å². The summed E-state index contributed by atoms with van der Waals surface area (Å²) < 4.78 is 0.883. The van der Waals surface area contributed by atoms with E-state index in [1.165, 1.54) is 0 Å². The molecular weight excluding hydrogens is 354 g/mol. The minimum atomic E-state index is 0.595. The van der Waals surface area contributed by atoms with Crippen molar-refractivity contribution >= 4 is 33.2 Å². The largest absolute Gasteiger partial charge is 0.379 e. The van der Waals surface area contributed by atoms with Crippen molar-refractivity contribution in [3.8, 4) is 11.4 Å². The highest BCUT2D eigenvalue weighted by Crippen LogP contribution is 2.22. The van der Waals surface area contributed by atoms with Crippen molar-refractivity contribution in [2.45, 2.75) is 6.54 Å². The molecule has 2 heterocycles. The number of benzene rings is 1. The van der Waals surface area contributed by atoms with E-state index in [1.807, 2.05) is 30.3 Å². The minimum absolute atomic E-state index is 0.595. The molecule has 106 valence electrons. The van der Waals surface area contributed by atoms with Crippen LogP contribution in [0.1, 0.15) is 5.69 Å². The van der Waals surface area contributed by atoms with Gasteiger partial charge in [0.25, 0.3) is 0 Å². The van der Waals surface area contributed by atoms with Gasteiger partial charge >= 0.3 is 0 Å². The van der Waals surface area contributed by atoms with Crippen molar-refractivity contribution in [2.75, 3.05) is 5.32 Å². The fraction of sp³-hybridized carbons (Fsp3) is 0.0714. The van der Waals surface area contributed by atoms with Crippen molar-refractivity contribution in [1.29, 1.82) is 0 Å². The number of nitrogens with zero attached hydrogens (tertiary/aromatic N) is 3. The van der Waals surface area contributed by atoms with Crippen LogP contribution in [0.4, 0.5) is 5.69 Å². The highest BCUT2D eigenvalue weighted by Gasteiger charge is 2.04. The summed E-state index contributed by atoms with van der Waals surface area (Å²) in [5.41, 5.74) is 2.85. The van der Waals surface area contributed by atoms with Crippen molar-refractivity contribution in [1.82, 2.24) is 20.2 Å². The molecule has 0 saturated heterocycles. The summed E-state index contributed by atoms with van der Waals surface area (Å²) in [7, 11) is 0. The van der Waals surface area contributed by atoms with Gasteiger partial charge in [-0.1, -0.05) is 23.7 Å². The topological polar surface area (TPSA) is 66.5 Å². The molecule has 0 aliphatic heterocycles. The number of H-pyrrole nitrogens is 1. The van der Waals surface area contributed by atoms with Crippen LogP contribution in [0.3, 0.4) is 0 Å². The third-order valence-corrected chi connectivity index (χ3v) is 3.79. The van der Waals surface area contributed by atoms with Crippen molar-refractivity contribution in [2.24, 2.45) is 0 Å². The Kier molecular flexibility index (Phi) is 4.17. The summed E-state index contributed by atoms with van der Waals surface area (Å²) in [6.45, 7) is 0.595. The van der Waals surface area contributed by atoms with Gasteiger partial charge in [0.05, 0.1) is 17.3 Å². The van der Waals surface area contributed by atoms with Crippen molar-refractivity contribution in [3.63, 3.8) is 0 Å². The second-order valence-electron chi connectivity index (χ2n) is 4.35. The van der Waals surface area contributed by atoms with E-state index in [2.05, 4.69) is 41.4 Å². The van der Waals surface area contributed by atoms with Crippen LogP contribution >= 0.6 is 27.5 Å². The van der Waals surface area contributed by atoms with E-state index in [0.29, 0.717) is 11.6 Å². The third kappa shape index (κ3) is 3.40. The number of pyridine rings is 1. The Morgan fingerprint density at radius 1 is 1.29 bits per heavy atom. The average Bonchev–Trinajstić information content (AvgIpc) is 3.01. The summed E-state index contributed by atoms with van der Waals surface area (Å²) in [6, 6.07) is 9.76. The van der Waals surface area contributed by atoms with Crippen LogP contribution in [-0.4, -0.2) is 20.2 Å². The van der Waals surface area contributed by atoms with Crippen molar-refractivity contribution < 1.29 is 0 Å². The predicted molar refractivity (Wildman–Crippen MR) is 86.1 cm³/mol. The lowest BCUT2D eigenvalue weighted by molar-refractivity contribution is 1.03. The fourth-order valence-corrected chi connectivity index (χ4v) is 2.66. The number of nitrogens with one attached hydrogen (secondary N) is 2. The molecule has 0 fully saturated rings. The van der Waals surface area contributed by atoms with Crippen LogP contribution in [0.15, 0.2) is 47.3 Å². The quantitative estimate of drug-likeness (QED) is 0.737. The van der Waals surface area contributed by atoms with Gasteiger partial charge in [-0.15, -0.1) is 10.2 Å². The first-order valence-corrected chi connectivity index (χ1v) is 7.40. The molecule has 1 aromatic carbocycles. The van der Waals surface area contributed by atoms with Gasteiger partial charge in [-0.25, -0.2) is 0 Å². The summed E-state index contributed by atoms with van der Waals surface area (Å²) in [5.74, 6) is 0.740. The van der Waals surface area contributed by atoms with Gasteiger partial charge in [0.15, 0.2) is 5.82 Å². The van der Waals surface area contributed by atoms with Gasteiger partial charge in [0.2, 0.25) is 0 Å². The Balaban J connectivity index is 1.75. The number of hydrogen-bond donors (Lipinski definition) is 2. The molecule has 2 aromatic heterocycles. The molecule has 0 atom stereocenters. The zero-order valence-electron chi connectivity index (χ0n) is 10.8. The number of aromatic amines is 1. The zero-order chi connectivity index (χ0) is 14.7. The van der Waals surface area contributed by atoms with E-state index < -0.39 is 0 Å². The van der Waals surface area contributed by atoms with E-state index in [9.17, 15) is 0 Å². The van der Waals surface area contributed by atoms with Gasteiger partial charge in [0, 0.05) is 21.9 Å². The maximum Gasteiger partial charge on any atom is 0.161 e. The van der Waals surface area contributed by atoms with Crippen LogP contribution in [0.5, 0.6) is 0 Å². The maximum atomic E-state index is 5.88. The number of halogens is 2. The first-order valence-electron chi connectivity index (χ1n) is 6.22. The first-order chi connectivity index (χ1) is 10.2. The highest BCUT2D eigenvalue weighted by atomic mass is 79.9. The summed E-state index contributed by atoms with van der Waals surface area (Å²) in [5, 5.41) is 11.7. The molecule has 0 aliphatic carbocycles. The van der Waals surface area contributed by atoms with E-state index in [4.69, 9.17) is 11.6 Å². The molecule has 3 aromatic rings. The lowest BCUT2D eigenvalue weighted by Crippen LogP contribution is -2.02. The molecule has 7 heteroatoms.